The molecule has 3 nitrogen and oxygen atoms in total. The SMILES string of the molecule is CCC(=O)[C@@](C)(CC)C(C)C(C)[C@H](CC)OC(C)C.CC[C@@](C)(CCC(C)C)C(C)C.CO. The van der Waals surface area contributed by atoms with Gasteiger partial charge in [0.05, 0.1) is 12.2 Å². The first kappa shape index (κ1) is 37.1. The number of aliphatic hydroxyl groups is 1. The third-order valence-electron chi connectivity index (χ3n) is 8.42. The largest absolute Gasteiger partial charge is 0.400 e. The molecule has 0 aliphatic heterocycles. The Bertz CT molecular complexity index is 471. The molecule has 5 atom stereocenters. The Morgan fingerprint density at radius 1 is 0.848 bits per heavy atom. The molecule has 0 aliphatic rings. The summed E-state index contributed by atoms with van der Waals surface area (Å²) in [6.07, 6.45) is 7.11. The lowest BCUT2D eigenvalue weighted by Crippen LogP contribution is -2.41. The Morgan fingerprint density at radius 2 is 1.33 bits per heavy atom. The van der Waals surface area contributed by atoms with Crippen LogP contribution in [0.15, 0.2) is 0 Å². The van der Waals surface area contributed by atoms with Gasteiger partial charge in [0.15, 0.2) is 0 Å². The maximum Gasteiger partial charge on any atom is 0.138 e. The van der Waals surface area contributed by atoms with Crippen LogP contribution in [0.5, 0.6) is 0 Å². The zero-order valence-corrected chi connectivity index (χ0v) is 25.5. The molecular weight excluding hydrogens is 408 g/mol. The van der Waals surface area contributed by atoms with Gasteiger partial charge < -0.3 is 9.84 Å². The minimum Gasteiger partial charge on any atom is -0.400 e. The van der Waals surface area contributed by atoms with Crippen molar-refractivity contribution in [2.75, 3.05) is 7.11 Å². The van der Waals surface area contributed by atoms with E-state index >= 15 is 0 Å². The van der Waals surface area contributed by atoms with Gasteiger partial charge >= 0.3 is 0 Å². The lowest BCUT2D eigenvalue weighted by molar-refractivity contribution is -0.134. The molecule has 0 aromatic rings. The van der Waals surface area contributed by atoms with Crippen molar-refractivity contribution in [3.63, 3.8) is 0 Å². The van der Waals surface area contributed by atoms with Crippen LogP contribution in [0, 0.1) is 34.5 Å². The van der Waals surface area contributed by atoms with Crippen LogP contribution in [0.25, 0.3) is 0 Å². The topological polar surface area (TPSA) is 46.5 Å². The van der Waals surface area contributed by atoms with Crippen molar-refractivity contribution in [3.8, 4) is 0 Å². The number of ether oxygens (including phenoxy) is 1. The van der Waals surface area contributed by atoms with Gasteiger partial charge in [0.1, 0.15) is 5.78 Å². The number of hydrogen-bond acceptors (Lipinski definition) is 3. The van der Waals surface area contributed by atoms with Gasteiger partial charge in [-0.2, -0.15) is 0 Å². The van der Waals surface area contributed by atoms with E-state index in [1.807, 2.05) is 6.92 Å². The van der Waals surface area contributed by atoms with Crippen molar-refractivity contribution in [1.29, 1.82) is 0 Å². The molecule has 33 heavy (non-hydrogen) atoms. The zero-order chi connectivity index (χ0) is 27.0. The molecular formula is C30H64O3. The fraction of sp³-hybridized carbons (Fsp3) is 0.967. The lowest BCUT2D eigenvalue weighted by Gasteiger charge is -2.40. The summed E-state index contributed by atoms with van der Waals surface area (Å²) in [6, 6.07) is 0. The highest BCUT2D eigenvalue weighted by Gasteiger charge is 2.40. The second-order valence-corrected chi connectivity index (χ2v) is 11.4. The van der Waals surface area contributed by atoms with Crippen molar-refractivity contribution in [2.45, 2.75) is 148 Å². The number of aliphatic hydroxyl groups excluding tert-OH is 1. The molecule has 0 spiro atoms. The maximum atomic E-state index is 12.3. The number of rotatable bonds is 14. The van der Waals surface area contributed by atoms with Gasteiger partial charge in [-0.1, -0.05) is 95.9 Å². The third-order valence-corrected chi connectivity index (χ3v) is 8.42. The maximum absolute atomic E-state index is 12.3. The number of ketones is 1. The summed E-state index contributed by atoms with van der Waals surface area (Å²) in [5, 5.41) is 7.00. The summed E-state index contributed by atoms with van der Waals surface area (Å²) in [7, 11) is 1.00. The van der Waals surface area contributed by atoms with Gasteiger partial charge in [-0.05, 0) is 62.2 Å². The molecule has 1 N–H and O–H groups in total. The third kappa shape index (κ3) is 13.3. The number of Topliss-reactive ketones (excluding diaryl/α,β-unsaturated/α-hetero) is 1. The monoisotopic (exact) mass is 472 g/mol. The van der Waals surface area contributed by atoms with Crippen molar-refractivity contribution < 1.29 is 14.6 Å². The lowest BCUT2D eigenvalue weighted by atomic mass is 9.66. The Kier molecular flexibility index (Phi) is 21.2. The van der Waals surface area contributed by atoms with Crippen LogP contribution < -0.4 is 0 Å². The van der Waals surface area contributed by atoms with Crippen LogP contribution in [0.2, 0.25) is 0 Å². The molecule has 0 aliphatic carbocycles. The van der Waals surface area contributed by atoms with Crippen LogP contribution in [-0.4, -0.2) is 30.2 Å². The summed E-state index contributed by atoms with van der Waals surface area (Å²) in [5.74, 6) is 2.80. The van der Waals surface area contributed by atoms with Gasteiger partial charge in [0.2, 0.25) is 0 Å². The standard InChI is InChI=1S/C17H34O2.C12H26.CH4O/c1-9-15(19-12(4)5)13(6)14(7)17(8,11-3)16(18)10-2;1-7-12(6,11(4)5)9-8-10(2)3;1-2/h12-15H,9-11H2,1-8H3;10-11H,7-9H2,1-6H3;2H,1H3/t13?,14?,15-,17-;12-;/m00./s1. The van der Waals surface area contributed by atoms with Crippen molar-refractivity contribution >= 4 is 5.78 Å². The van der Waals surface area contributed by atoms with Crippen molar-refractivity contribution in [3.05, 3.63) is 0 Å². The average molecular weight is 473 g/mol. The molecule has 0 radical (unpaired) electrons. The molecule has 0 saturated carbocycles. The fourth-order valence-electron chi connectivity index (χ4n) is 4.51. The first-order valence-electron chi connectivity index (χ1n) is 13.8. The highest BCUT2D eigenvalue weighted by Crippen LogP contribution is 2.40. The Balaban J connectivity index is -0.000000553. The predicted molar refractivity (Wildman–Crippen MR) is 148 cm³/mol. The summed E-state index contributed by atoms with van der Waals surface area (Å²) < 4.78 is 6.02. The number of carbonyl (C=O) groups is 1. The molecule has 0 bridgehead atoms. The summed E-state index contributed by atoms with van der Waals surface area (Å²) in [6.45, 7) is 31.1. The molecule has 0 saturated heterocycles. The molecule has 202 valence electrons. The van der Waals surface area contributed by atoms with Gasteiger partial charge in [0, 0.05) is 18.9 Å². The highest BCUT2D eigenvalue weighted by atomic mass is 16.5. The second kappa shape index (κ2) is 18.9. The zero-order valence-electron chi connectivity index (χ0n) is 25.5. The minimum atomic E-state index is -0.220. The van der Waals surface area contributed by atoms with E-state index in [2.05, 4.69) is 90.0 Å². The Hall–Kier alpha value is -0.410. The molecule has 3 heteroatoms. The highest BCUT2D eigenvalue weighted by molar-refractivity contribution is 5.84. The van der Waals surface area contributed by atoms with Crippen LogP contribution in [0.3, 0.4) is 0 Å². The Morgan fingerprint density at radius 3 is 1.61 bits per heavy atom. The summed E-state index contributed by atoms with van der Waals surface area (Å²) in [5.41, 5.74) is 0.353. The van der Waals surface area contributed by atoms with E-state index in [1.54, 1.807) is 0 Å². The van der Waals surface area contributed by atoms with Crippen LogP contribution in [0.1, 0.15) is 135 Å². The number of carbonyl (C=O) groups excluding carboxylic acids is 1. The van der Waals surface area contributed by atoms with E-state index < -0.39 is 0 Å². The van der Waals surface area contributed by atoms with E-state index in [4.69, 9.17) is 9.84 Å². The van der Waals surface area contributed by atoms with E-state index in [1.165, 1.54) is 19.3 Å². The minimum absolute atomic E-state index is 0.220. The van der Waals surface area contributed by atoms with Crippen molar-refractivity contribution in [2.24, 2.45) is 34.5 Å². The summed E-state index contributed by atoms with van der Waals surface area (Å²) >= 11 is 0. The van der Waals surface area contributed by atoms with Gasteiger partial charge in [-0.3, -0.25) is 4.79 Å². The van der Waals surface area contributed by atoms with Crippen molar-refractivity contribution in [1.82, 2.24) is 0 Å². The van der Waals surface area contributed by atoms with Crippen LogP contribution in [0.4, 0.5) is 0 Å². The fourth-order valence-corrected chi connectivity index (χ4v) is 4.51. The first-order valence-corrected chi connectivity index (χ1v) is 13.8. The Labute approximate surface area is 209 Å². The molecule has 0 aromatic heterocycles. The number of hydrogen-bond donors (Lipinski definition) is 1. The van der Waals surface area contributed by atoms with Gasteiger partial charge in [-0.25, -0.2) is 0 Å². The normalized spacial score (nSPS) is 17.8. The molecule has 0 rings (SSSR count). The smallest absolute Gasteiger partial charge is 0.138 e. The van der Waals surface area contributed by atoms with E-state index in [-0.39, 0.29) is 17.6 Å². The van der Waals surface area contributed by atoms with Crippen LogP contribution in [-0.2, 0) is 9.53 Å². The molecule has 0 fully saturated rings. The van der Waals surface area contributed by atoms with E-state index in [0.29, 0.717) is 29.5 Å². The summed E-state index contributed by atoms with van der Waals surface area (Å²) in [4.78, 5) is 12.3. The van der Waals surface area contributed by atoms with Gasteiger partial charge in [0.25, 0.3) is 0 Å². The predicted octanol–water partition coefficient (Wildman–Crippen LogP) is 8.96. The average Bonchev–Trinajstić information content (AvgIpc) is 2.80. The molecule has 2 unspecified atom stereocenters. The molecule has 0 heterocycles. The van der Waals surface area contributed by atoms with Gasteiger partial charge in [-0.15, -0.1) is 0 Å². The molecule has 0 aromatic carbocycles. The van der Waals surface area contributed by atoms with E-state index in [0.717, 1.165) is 31.8 Å². The first-order chi connectivity index (χ1) is 15.2. The molecule has 0 amide bonds. The van der Waals surface area contributed by atoms with E-state index in [9.17, 15) is 4.79 Å². The quantitative estimate of drug-likeness (QED) is 0.274. The van der Waals surface area contributed by atoms with Crippen LogP contribution >= 0.6 is 0 Å². The second-order valence-electron chi connectivity index (χ2n) is 11.4.